The first kappa shape index (κ1) is 24.0. The van der Waals surface area contributed by atoms with Gasteiger partial charge in [0, 0.05) is 18.2 Å². The van der Waals surface area contributed by atoms with Gasteiger partial charge in [0.15, 0.2) is 0 Å². The van der Waals surface area contributed by atoms with E-state index in [1.54, 1.807) is 7.11 Å². The van der Waals surface area contributed by atoms with Crippen LogP contribution in [0.4, 0.5) is 0 Å². The van der Waals surface area contributed by atoms with Crippen molar-refractivity contribution in [3.63, 3.8) is 0 Å². The van der Waals surface area contributed by atoms with Crippen LogP contribution in [-0.4, -0.2) is 50.5 Å². The third-order valence-electron chi connectivity index (χ3n) is 3.91. The molecule has 1 rings (SSSR count). The fourth-order valence-corrected chi connectivity index (χ4v) is 2.50. The second kappa shape index (κ2) is 15.3. The molecule has 1 fully saturated rings. The number of hydrogen-bond donors (Lipinski definition) is 2. The quantitative estimate of drug-likeness (QED) is 0.264. The largest absolute Gasteiger partial charge is 0.501 e. The van der Waals surface area contributed by atoms with Crippen LogP contribution in [0.3, 0.4) is 0 Å². The number of rotatable bonds is 10. The predicted molar refractivity (Wildman–Crippen MR) is 99.5 cm³/mol. The van der Waals surface area contributed by atoms with Crippen LogP contribution in [-0.2, 0) is 23.8 Å². The van der Waals surface area contributed by atoms with Gasteiger partial charge in [0.05, 0.1) is 13.7 Å². The summed E-state index contributed by atoms with van der Waals surface area (Å²) >= 11 is 0. The smallest absolute Gasteiger partial charge is 0.325 e. The Bertz CT molecular complexity index is 443. The zero-order valence-electron chi connectivity index (χ0n) is 16.2. The summed E-state index contributed by atoms with van der Waals surface area (Å²) in [4.78, 5) is 20.2. The van der Waals surface area contributed by atoms with E-state index in [2.05, 4.69) is 25.7 Å². The fourth-order valence-electron chi connectivity index (χ4n) is 2.50. The molecule has 1 aliphatic rings. The number of esters is 1. The summed E-state index contributed by atoms with van der Waals surface area (Å²) in [6.07, 6.45) is 6.95. The van der Waals surface area contributed by atoms with E-state index in [9.17, 15) is 4.79 Å². The second-order valence-corrected chi connectivity index (χ2v) is 6.11. The number of methoxy groups -OCH3 is 1. The van der Waals surface area contributed by atoms with Gasteiger partial charge in [-0.05, 0) is 25.3 Å². The van der Waals surface area contributed by atoms with Crippen molar-refractivity contribution in [2.24, 2.45) is 5.92 Å². The third kappa shape index (κ3) is 11.5. The Kier molecular flexibility index (Phi) is 14.1. The van der Waals surface area contributed by atoms with Gasteiger partial charge in [-0.15, -0.1) is 0 Å². The monoisotopic (exact) mass is 371 g/mol. The van der Waals surface area contributed by atoms with Crippen molar-refractivity contribution in [3.8, 4) is 0 Å². The van der Waals surface area contributed by atoms with E-state index in [1.807, 2.05) is 6.08 Å². The van der Waals surface area contributed by atoms with Gasteiger partial charge in [0.1, 0.15) is 18.4 Å². The molecule has 2 N–H and O–H groups in total. The molecule has 0 aliphatic carbocycles. The van der Waals surface area contributed by atoms with Crippen LogP contribution in [0.25, 0.3) is 0 Å². The molecule has 0 radical (unpaired) electrons. The van der Waals surface area contributed by atoms with Crippen LogP contribution < -0.4 is 5.32 Å². The third-order valence-corrected chi connectivity index (χ3v) is 3.91. The zero-order chi connectivity index (χ0) is 19.8. The zero-order valence-corrected chi connectivity index (χ0v) is 16.2. The minimum Gasteiger partial charge on any atom is -0.501 e. The van der Waals surface area contributed by atoms with Gasteiger partial charge in [-0.1, -0.05) is 33.3 Å². The first-order chi connectivity index (χ1) is 12.5. The molecule has 0 aromatic carbocycles. The molecule has 1 heterocycles. The minimum atomic E-state index is -0.284. The number of ether oxygens (including phenoxy) is 3. The summed E-state index contributed by atoms with van der Waals surface area (Å²) in [6, 6.07) is 0. The summed E-state index contributed by atoms with van der Waals surface area (Å²) in [5.74, 6) is 0.933. The second-order valence-electron chi connectivity index (χ2n) is 6.11. The SMILES string of the molecule is C=C(/C=C(/OC)[C@@H](C)CCCC)NCC(=O)O[C@@H]1CCCOC1.O=CO. The lowest BCUT2D eigenvalue weighted by atomic mass is 10.0. The topological polar surface area (TPSA) is 94.1 Å². The Morgan fingerprint density at radius 2 is 2.19 bits per heavy atom. The predicted octanol–water partition coefficient (Wildman–Crippen LogP) is 2.87. The van der Waals surface area contributed by atoms with Crippen LogP contribution >= 0.6 is 0 Å². The highest BCUT2D eigenvalue weighted by atomic mass is 16.6. The molecule has 1 aliphatic heterocycles. The highest BCUT2D eigenvalue weighted by molar-refractivity contribution is 5.72. The lowest BCUT2D eigenvalue weighted by Crippen LogP contribution is -2.32. The van der Waals surface area contributed by atoms with E-state index in [4.69, 9.17) is 24.1 Å². The van der Waals surface area contributed by atoms with Gasteiger partial charge in [0.2, 0.25) is 0 Å². The highest BCUT2D eigenvalue weighted by Gasteiger charge is 2.18. The molecule has 150 valence electrons. The van der Waals surface area contributed by atoms with Crippen molar-refractivity contribution in [2.45, 2.75) is 52.1 Å². The van der Waals surface area contributed by atoms with Crippen LogP contribution in [0, 0.1) is 5.92 Å². The Morgan fingerprint density at radius 3 is 2.73 bits per heavy atom. The molecule has 2 atom stereocenters. The lowest BCUT2D eigenvalue weighted by Gasteiger charge is -2.22. The Morgan fingerprint density at radius 1 is 1.50 bits per heavy atom. The van der Waals surface area contributed by atoms with Gasteiger partial charge in [-0.25, -0.2) is 0 Å². The number of carboxylic acid groups (broad SMARTS) is 1. The minimum absolute atomic E-state index is 0.103. The van der Waals surface area contributed by atoms with Crippen molar-refractivity contribution in [2.75, 3.05) is 26.9 Å². The first-order valence-electron chi connectivity index (χ1n) is 9.01. The highest BCUT2D eigenvalue weighted by Crippen LogP contribution is 2.19. The van der Waals surface area contributed by atoms with Crippen molar-refractivity contribution in [3.05, 3.63) is 24.1 Å². The molecule has 0 saturated carbocycles. The summed E-state index contributed by atoms with van der Waals surface area (Å²) in [6.45, 7) is 9.33. The number of carbonyl (C=O) groups excluding carboxylic acids is 1. The normalized spacial score (nSPS) is 18.0. The van der Waals surface area contributed by atoms with E-state index in [1.165, 1.54) is 0 Å². The number of unbranched alkanes of at least 4 members (excludes halogenated alkanes) is 1. The fraction of sp³-hybridized carbons (Fsp3) is 0.684. The molecule has 1 saturated heterocycles. The first-order valence-corrected chi connectivity index (χ1v) is 9.01. The Balaban J connectivity index is 0.00000194. The molecule has 0 aromatic rings. The molecule has 0 spiro atoms. The number of carbonyl (C=O) groups is 2. The van der Waals surface area contributed by atoms with Gasteiger partial charge < -0.3 is 24.6 Å². The maximum atomic E-state index is 11.8. The molecular formula is C19H33NO6. The molecule has 7 heteroatoms. The number of hydrogen-bond acceptors (Lipinski definition) is 6. The molecule has 0 amide bonds. The van der Waals surface area contributed by atoms with Crippen molar-refractivity contribution in [1.29, 1.82) is 0 Å². The summed E-state index contributed by atoms with van der Waals surface area (Å²) in [5, 5.41) is 9.87. The van der Waals surface area contributed by atoms with E-state index < -0.39 is 0 Å². The average Bonchev–Trinajstić information content (AvgIpc) is 2.64. The van der Waals surface area contributed by atoms with E-state index in [0.717, 1.165) is 44.5 Å². The van der Waals surface area contributed by atoms with E-state index in [-0.39, 0.29) is 25.1 Å². The number of allylic oxidation sites excluding steroid dienone is 2. The molecular weight excluding hydrogens is 338 g/mol. The Labute approximate surface area is 156 Å². The summed E-state index contributed by atoms with van der Waals surface area (Å²) in [5.41, 5.74) is 0.655. The van der Waals surface area contributed by atoms with E-state index >= 15 is 0 Å². The Hall–Kier alpha value is -2.02. The van der Waals surface area contributed by atoms with Crippen molar-refractivity contribution < 1.29 is 28.9 Å². The van der Waals surface area contributed by atoms with Gasteiger partial charge in [-0.3, -0.25) is 9.59 Å². The van der Waals surface area contributed by atoms with Crippen LogP contribution in [0.15, 0.2) is 24.1 Å². The molecule has 7 nitrogen and oxygen atoms in total. The van der Waals surface area contributed by atoms with Crippen LogP contribution in [0.1, 0.15) is 46.0 Å². The molecule has 0 aromatic heterocycles. The van der Waals surface area contributed by atoms with Gasteiger partial charge >= 0.3 is 5.97 Å². The van der Waals surface area contributed by atoms with E-state index in [0.29, 0.717) is 18.2 Å². The molecule has 0 bridgehead atoms. The lowest BCUT2D eigenvalue weighted by molar-refractivity contribution is -0.153. The maximum Gasteiger partial charge on any atom is 0.325 e. The summed E-state index contributed by atoms with van der Waals surface area (Å²) < 4.78 is 16.1. The van der Waals surface area contributed by atoms with Gasteiger partial charge in [-0.2, -0.15) is 0 Å². The summed E-state index contributed by atoms with van der Waals surface area (Å²) in [7, 11) is 1.67. The van der Waals surface area contributed by atoms with Gasteiger partial charge in [0.25, 0.3) is 6.47 Å². The van der Waals surface area contributed by atoms with Crippen molar-refractivity contribution in [1.82, 2.24) is 5.32 Å². The standard InChI is InChI=1S/C18H31NO4.CH2O2/c1-5-6-8-14(2)17(21-4)11-15(3)19-12-18(20)23-16-9-7-10-22-13-16;2-1-3/h11,14,16,19H,3,5-10,12-13H2,1-2,4H3;1H,(H,2,3)/b17-11+;/t14-,16+;/m0./s1. The maximum absolute atomic E-state index is 11.8. The van der Waals surface area contributed by atoms with Crippen LogP contribution in [0.5, 0.6) is 0 Å². The van der Waals surface area contributed by atoms with Crippen LogP contribution in [0.2, 0.25) is 0 Å². The average molecular weight is 371 g/mol. The number of nitrogens with one attached hydrogen (secondary N) is 1. The molecule has 0 unspecified atom stereocenters. The van der Waals surface area contributed by atoms with Crippen molar-refractivity contribution >= 4 is 12.4 Å². The molecule has 26 heavy (non-hydrogen) atoms.